The van der Waals surface area contributed by atoms with Gasteiger partial charge in [0.05, 0.1) is 26.4 Å². The normalized spacial score (nSPS) is 52.9. The van der Waals surface area contributed by atoms with Crippen LogP contribution in [-0.2, 0) is 33.2 Å². The number of aliphatic hydroxyl groups is 14. The zero-order valence-corrected chi connectivity index (χ0v) is 23.5. The van der Waals surface area contributed by atoms with Gasteiger partial charge in [-0.15, -0.1) is 0 Å². The van der Waals surface area contributed by atoms with Gasteiger partial charge in [0.2, 0.25) is 0 Å². The van der Waals surface area contributed by atoms with Crippen molar-refractivity contribution in [1.29, 1.82) is 0 Å². The van der Waals surface area contributed by atoms with Crippen molar-refractivity contribution in [2.75, 3.05) is 26.4 Å². The van der Waals surface area contributed by atoms with E-state index in [4.69, 9.17) is 33.2 Å². The van der Waals surface area contributed by atoms with Gasteiger partial charge in [0.1, 0.15) is 97.7 Å². The molecule has 0 saturated carbocycles. The van der Waals surface area contributed by atoms with Gasteiger partial charge in [-0.3, -0.25) is 0 Å². The Morgan fingerprint density at radius 3 is 0.978 bits per heavy atom. The number of ether oxygens (including phenoxy) is 7. The maximum Gasteiger partial charge on any atom is 0.186 e. The van der Waals surface area contributed by atoms with Gasteiger partial charge in [-0.25, -0.2) is 0 Å². The standard InChI is InChI=1S/C24H42O21/c25-1-5-9(26)14(31)18(35)22(43-5)40-3-7-11(28)16(33)20(37)24(45-7)41-4-8-12(29)15(32)19(36)23(44-8)39-2-6-10(27)13(30)17(34)21(38)42-6/h5-38H,1-4H2/t5?,6?,7?,8?,9-,10-,11-,12-,13?,14?,15?,16?,17+,18+,19+,20+,21-,22+,23+,24+/m1/s1. The number of rotatable bonds is 10. The first-order valence-electron chi connectivity index (χ1n) is 14.1. The second kappa shape index (κ2) is 15.6. The SMILES string of the molecule is OCC1O[C@H](OCC2O[C@H](OCC3O[C@H](OCC4O[C@@H](O)[C@@H](O)C(O)[C@@H]4O)[C@@H](O)C(O)[C@@H]3O)[C@@H](O)C(O)[C@@H]2O)[C@@H](O)C(O)[C@@H]1O. The van der Waals surface area contributed by atoms with Crippen LogP contribution in [0.25, 0.3) is 0 Å². The highest BCUT2D eigenvalue weighted by molar-refractivity contribution is 4.94. The van der Waals surface area contributed by atoms with Crippen molar-refractivity contribution in [3.8, 4) is 0 Å². The summed E-state index contributed by atoms with van der Waals surface area (Å²) in [5, 5.41) is 141. The van der Waals surface area contributed by atoms with Crippen molar-refractivity contribution in [1.82, 2.24) is 0 Å². The topological polar surface area (TPSA) is 348 Å². The molecule has 0 aromatic carbocycles. The minimum atomic E-state index is -1.88. The van der Waals surface area contributed by atoms with Crippen LogP contribution in [0.4, 0.5) is 0 Å². The molecule has 14 N–H and O–H groups in total. The van der Waals surface area contributed by atoms with Gasteiger partial charge in [0, 0.05) is 0 Å². The summed E-state index contributed by atoms with van der Waals surface area (Å²) in [6.45, 7) is -2.67. The Morgan fingerprint density at radius 1 is 0.333 bits per heavy atom. The van der Waals surface area contributed by atoms with Gasteiger partial charge in [-0.05, 0) is 0 Å². The summed E-state index contributed by atoms with van der Waals surface area (Å²) in [6.07, 6.45) is -34.1. The molecule has 4 aliphatic heterocycles. The van der Waals surface area contributed by atoms with E-state index in [1.165, 1.54) is 0 Å². The molecule has 45 heavy (non-hydrogen) atoms. The minimum Gasteiger partial charge on any atom is -0.394 e. The van der Waals surface area contributed by atoms with E-state index >= 15 is 0 Å². The molecule has 8 unspecified atom stereocenters. The Hall–Kier alpha value is -0.840. The van der Waals surface area contributed by atoms with Crippen molar-refractivity contribution < 1.29 is 105 Å². The molecule has 4 rings (SSSR count). The molecule has 4 heterocycles. The monoisotopic (exact) mass is 666 g/mol. The Labute approximate surface area is 254 Å². The van der Waals surface area contributed by atoms with Gasteiger partial charge < -0.3 is 105 Å². The molecule has 0 radical (unpaired) electrons. The van der Waals surface area contributed by atoms with E-state index < -0.39 is 149 Å². The molecule has 20 atom stereocenters. The molecule has 0 aliphatic carbocycles. The van der Waals surface area contributed by atoms with Crippen LogP contribution >= 0.6 is 0 Å². The van der Waals surface area contributed by atoms with Crippen molar-refractivity contribution >= 4 is 0 Å². The highest BCUT2D eigenvalue weighted by atomic mass is 16.7. The van der Waals surface area contributed by atoms with Crippen LogP contribution in [0.1, 0.15) is 0 Å². The average molecular weight is 667 g/mol. The Morgan fingerprint density at radius 2 is 0.622 bits per heavy atom. The van der Waals surface area contributed by atoms with Gasteiger partial charge in [-0.1, -0.05) is 0 Å². The van der Waals surface area contributed by atoms with Crippen LogP contribution in [0.5, 0.6) is 0 Å². The van der Waals surface area contributed by atoms with E-state index in [-0.39, 0.29) is 0 Å². The lowest BCUT2D eigenvalue weighted by Crippen LogP contribution is -2.63. The van der Waals surface area contributed by atoms with Crippen LogP contribution in [0.15, 0.2) is 0 Å². The fourth-order valence-electron chi connectivity index (χ4n) is 5.23. The Balaban J connectivity index is 1.33. The van der Waals surface area contributed by atoms with Crippen molar-refractivity contribution in [3.05, 3.63) is 0 Å². The van der Waals surface area contributed by atoms with Crippen LogP contribution in [0, 0.1) is 0 Å². The molecule has 0 aromatic rings. The second-order valence-corrected chi connectivity index (χ2v) is 11.3. The van der Waals surface area contributed by atoms with Crippen LogP contribution in [-0.4, -0.2) is 221 Å². The maximum absolute atomic E-state index is 10.4. The average Bonchev–Trinajstić information content (AvgIpc) is 3.02. The third kappa shape index (κ3) is 7.91. The summed E-state index contributed by atoms with van der Waals surface area (Å²) >= 11 is 0. The zero-order valence-electron chi connectivity index (χ0n) is 23.5. The molecule has 264 valence electrons. The van der Waals surface area contributed by atoms with E-state index in [0.29, 0.717) is 0 Å². The summed E-state index contributed by atoms with van der Waals surface area (Å²) in [5.41, 5.74) is 0. The minimum absolute atomic E-state index is 0.633. The van der Waals surface area contributed by atoms with Crippen LogP contribution in [0.2, 0.25) is 0 Å². The number of hydrogen-bond acceptors (Lipinski definition) is 21. The van der Waals surface area contributed by atoms with Gasteiger partial charge in [0.15, 0.2) is 25.2 Å². The lowest BCUT2D eigenvalue weighted by Gasteiger charge is -2.44. The molecule has 4 saturated heterocycles. The highest BCUT2D eigenvalue weighted by Crippen LogP contribution is 2.29. The zero-order chi connectivity index (χ0) is 33.3. The van der Waals surface area contributed by atoms with Crippen molar-refractivity contribution in [2.45, 2.75) is 123 Å². The fourth-order valence-corrected chi connectivity index (χ4v) is 5.23. The lowest BCUT2D eigenvalue weighted by molar-refractivity contribution is -0.346. The Kier molecular flexibility index (Phi) is 12.8. The first kappa shape index (κ1) is 37.0. The molecule has 4 aliphatic rings. The van der Waals surface area contributed by atoms with Gasteiger partial charge in [0.25, 0.3) is 0 Å². The predicted octanol–water partition coefficient (Wildman–Crippen LogP) is -9.75. The first-order chi connectivity index (χ1) is 21.2. The van der Waals surface area contributed by atoms with E-state index in [9.17, 15) is 71.5 Å². The van der Waals surface area contributed by atoms with E-state index in [0.717, 1.165) is 0 Å². The molecule has 0 amide bonds. The largest absolute Gasteiger partial charge is 0.394 e. The van der Waals surface area contributed by atoms with E-state index in [1.54, 1.807) is 0 Å². The Bertz CT molecular complexity index is 916. The van der Waals surface area contributed by atoms with Crippen molar-refractivity contribution in [2.24, 2.45) is 0 Å². The maximum atomic E-state index is 10.4. The summed E-state index contributed by atoms with van der Waals surface area (Å²) in [5.74, 6) is 0. The van der Waals surface area contributed by atoms with Crippen molar-refractivity contribution in [3.63, 3.8) is 0 Å². The number of aliphatic hydroxyl groups excluding tert-OH is 14. The molecule has 4 fully saturated rings. The van der Waals surface area contributed by atoms with Crippen LogP contribution < -0.4 is 0 Å². The lowest BCUT2D eigenvalue weighted by atomic mass is 9.98. The van der Waals surface area contributed by atoms with E-state index in [2.05, 4.69) is 0 Å². The third-order valence-electron chi connectivity index (χ3n) is 8.15. The number of hydrogen-bond donors (Lipinski definition) is 14. The summed E-state index contributed by atoms with van der Waals surface area (Å²) in [4.78, 5) is 0. The summed E-state index contributed by atoms with van der Waals surface area (Å²) in [6, 6.07) is 0. The molecular weight excluding hydrogens is 624 g/mol. The molecule has 21 heteroatoms. The quantitative estimate of drug-likeness (QED) is 0.103. The van der Waals surface area contributed by atoms with Gasteiger partial charge >= 0.3 is 0 Å². The van der Waals surface area contributed by atoms with Crippen LogP contribution in [0.3, 0.4) is 0 Å². The predicted molar refractivity (Wildman–Crippen MR) is 134 cm³/mol. The van der Waals surface area contributed by atoms with Gasteiger partial charge in [-0.2, -0.15) is 0 Å². The highest BCUT2D eigenvalue weighted by Gasteiger charge is 2.50. The molecule has 0 spiro atoms. The van der Waals surface area contributed by atoms with E-state index in [1.807, 2.05) is 0 Å². The third-order valence-corrected chi connectivity index (χ3v) is 8.15. The summed E-state index contributed by atoms with van der Waals surface area (Å²) < 4.78 is 37.2. The molecule has 0 aromatic heterocycles. The molecular formula is C24H42O21. The fraction of sp³-hybridized carbons (Fsp3) is 1.00. The molecule has 0 bridgehead atoms. The second-order valence-electron chi connectivity index (χ2n) is 11.3. The first-order valence-corrected chi connectivity index (χ1v) is 14.1. The smallest absolute Gasteiger partial charge is 0.186 e. The molecule has 21 nitrogen and oxygen atoms in total. The summed E-state index contributed by atoms with van der Waals surface area (Å²) in [7, 11) is 0.